The second-order valence-electron chi connectivity index (χ2n) is 8.87. The largest absolute Gasteiger partial charge is 0.518 e. The second-order valence-corrected chi connectivity index (χ2v) is 14.2. The van der Waals surface area contributed by atoms with E-state index in [0.717, 1.165) is 11.3 Å². The van der Waals surface area contributed by atoms with Crippen molar-refractivity contribution in [1.29, 1.82) is 0 Å². The summed E-state index contributed by atoms with van der Waals surface area (Å²) in [5, 5.41) is 10.0. The van der Waals surface area contributed by atoms with Gasteiger partial charge in [-0.3, -0.25) is 4.79 Å². The Morgan fingerprint density at radius 2 is 1.58 bits per heavy atom. The number of benzene rings is 1. The van der Waals surface area contributed by atoms with Crippen molar-refractivity contribution in [2.45, 2.75) is 90.1 Å². The van der Waals surface area contributed by atoms with Gasteiger partial charge in [-0.2, -0.15) is 0 Å². The highest BCUT2D eigenvalue weighted by atomic mass is 28.4. The molecule has 1 aromatic carbocycles. The third kappa shape index (κ3) is 8.68. The molecule has 0 amide bonds. The van der Waals surface area contributed by atoms with Gasteiger partial charge in [-0.25, -0.2) is 0 Å². The molecule has 0 radical (unpaired) electrons. The van der Waals surface area contributed by atoms with Crippen molar-refractivity contribution in [2.75, 3.05) is 13.7 Å². The van der Waals surface area contributed by atoms with Crippen molar-refractivity contribution in [1.82, 2.24) is 0 Å². The van der Waals surface area contributed by atoms with Crippen LogP contribution in [0.15, 0.2) is 24.3 Å². The van der Waals surface area contributed by atoms with Gasteiger partial charge >= 0.3 is 0 Å². The quantitative estimate of drug-likeness (QED) is 0.339. The summed E-state index contributed by atoms with van der Waals surface area (Å²) in [6.45, 7) is 13.6. The smallest absolute Gasteiger partial charge is 0.293 e. The summed E-state index contributed by atoms with van der Waals surface area (Å²) in [6, 6.07) is 7.61. The van der Waals surface area contributed by atoms with E-state index in [9.17, 15) is 9.90 Å². The summed E-state index contributed by atoms with van der Waals surface area (Å²) >= 11 is 0. The first-order valence-electron chi connectivity index (χ1n) is 11.2. The molecule has 0 bridgehead atoms. The zero-order valence-corrected chi connectivity index (χ0v) is 21.2. The van der Waals surface area contributed by atoms with Crippen LogP contribution in [-0.4, -0.2) is 39.2 Å². The maximum atomic E-state index is 12.5. The fraction of sp³-hybridized carbons (Fsp3) is 0.640. The Balaban J connectivity index is 2.36. The molecule has 1 atom stereocenters. The van der Waals surface area contributed by atoms with Crippen LogP contribution in [0.3, 0.4) is 0 Å². The molecule has 31 heavy (non-hydrogen) atoms. The Morgan fingerprint density at radius 3 is 2.10 bits per heavy atom. The van der Waals surface area contributed by atoms with Crippen LogP contribution < -0.4 is 4.74 Å². The average molecular weight is 449 g/mol. The number of ether oxygens (including phenoxy) is 2. The topological polar surface area (TPSA) is 65.0 Å². The van der Waals surface area contributed by atoms with Gasteiger partial charge in [0.05, 0.1) is 32.8 Å². The van der Waals surface area contributed by atoms with Crippen molar-refractivity contribution in [2.24, 2.45) is 0 Å². The van der Waals surface area contributed by atoms with Gasteiger partial charge < -0.3 is 19.0 Å². The monoisotopic (exact) mass is 448 g/mol. The van der Waals surface area contributed by atoms with E-state index in [1.165, 1.54) is 0 Å². The SMILES string of the molecule is COc1ccc(COC[C@H](O)CC#CCCC(=O)O[Si](C(C)C)(C(C)C)C(C)C)cc1. The summed E-state index contributed by atoms with van der Waals surface area (Å²) in [5.74, 6) is 6.57. The van der Waals surface area contributed by atoms with Crippen LogP contribution in [0.2, 0.25) is 16.6 Å². The molecule has 0 spiro atoms. The van der Waals surface area contributed by atoms with E-state index >= 15 is 0 Å². The van der Waals surface area contributed by atoms with Crippen molar-refractivity contribution < 1.29 is 23.8 Å². The van der Waals surface area contributed by atoms with Crippen LogP contribution in [0.25, 0.3) is 0 Å². The molecule has 0 aliphatic heterocycles. The summed E-state index contributed by atoms with van der Waals surface area (Å²) < 4.78 is 16.8. The van der Waals surface area contributed by atoms with E-state index in [-0.39, 0.29) is 19.0 Å². The predicted molar refractivity (Wildman–Crippen MR) is 127 cm³/mol. The Labute approximate surface area is 189 Å². The first-order chi connectivity index (χ1) is 14.6. The van der Waals surface area contributed by atoms with E-state index in [1.54, 1.807) is 7.11 Å². The van der Waals surface area contributed by atoms with Crippen molar-refractivity contribution in [3.8, 4) is 17.6 Å². The number of carbonyl (C=O) groups excluding carboxylic acids is 1. The molecule has 0 unspecified atom stereocenters. The van der Waals surface area contributed by atoms with Gasteiger partial charge in [-0.1, -0.05) is 53.7 Å². The maximum absolute atomic E-state index is 12.5. The Kier molecular flexibility index (Phi) is 11.9. The Bertz CT molecular complexity index is 694. The molecule has 1 rings (SSSR count). The molecule has 0 aromatic heterocycles. The Hall–Kier alpha value is -1.81. The second kappa shape index (κ2) is 13.6. The van der Waals surface area contributed by atoms with Gasteiger partial charge in [0.25, 0.3) is 14.3 Å². The number of hydrogen-bond acceptors (Lipinski definition) is 5. The van der Waals surface area contributed by atoms with Crippen LogP contribution in [0.5, 0.6) is 5.75 Å². The number of methoxy groups -OCH3 is 1. The molecular weight excluding hydrogens is 408 g/mol. The van der Waals surface area contributed by atoms with Gasteiger partial charge in [0.15, 0.2) is 0 Å². The summed E-state index contributed by atoms with van der Waals surface area (Å²) in [6.07, 6.45) is 0.399. The highest BCUT2D eigenvalue weighted by Gasteiger charge is 2.47. The zero-order chi connectivity index (χ0) is 23.4. The number of carbonyl (C=O) groups is 1. The number of aliphatic hydroxyl groups excluding tert-OH is 1. The molecule has 0 saturated carbocycles. The number of hydrogen-bond donors (Lipinski definition) is 1. The average Bonchev–Trinajstić information content (AvgIpc) is 2.71. The van der Waals surface area contributed by atoms with Crippen LogP contribution >= 0.6 is 0 Å². The zero-order valence-electron chi connectivity index (χ0n) is 20.2. The minimum Gasteiger partial charge on any atom is -0.518 e. The molecule has 1 N–H and O–H groups in total. The normalized spacial score (nSPS) is 12.6. The van der Waals surface area contributed by atoms with Crippen LogP contribution in [0.1, 0.15) is 66.4 Å². The molecule has 5 nitrogen and oxygen atoms in total. The van der Waals surface area contributed by atoms with Crippen LogP contribution in [0, 0.1) is 11.8 Å². The van der Waals surface area contributed by atoms with Crippen molar-refractivity contribution in [3.63, 3.8) is 0 Å². The third-order valence-corrected chi connectivity index (χ3v) is 11.6. The molecular formula is C25H40O5Si. The van der Waals surface area contributed by atoms with Gasteiger partial charge in [-0.15, -0.1) is 11.8 Å². The molecule has 1 aromatic rings. The predicted octanol–water partition coefficient (Wildman–Crippen LogP) is 5.47. The van der Waals surface area contributed by atoms with E-state index in [1.807, 2.05) is 24.3 Å². The standard InChI is InChI=1S/C25H40O5Si/c1-19(2)31(20(3)4,21(5)6)30-25(27)12-10-8-9-11-23(26)18-29-17-22-13-15-24(28-7)16-14-22/h13-16,19-21,23,26H,10-12,17-18H2,1-7H3/t23-/m1/s1. The summed E-state index contributed by atoms with van der Waals surface area (Å²) in [7, 11) is -0.558. The van der Waals surface area contributed by atoms with Crippen molar-refractivity contribution >= 4 is 14.3 Å². The van der Waals surface area contributed by atoms with E-state index in [0.29, 0.717) is 36.1 Å². The van der Waals surface area contributed by atoms with Gasteiger partial charge in [0, 0.05) is 12.8 Å². The first-order valence-corrected chi connectivity index (χ1v) is 13.3. The Morgan fingerprint density at radius 1 is 1.00 bits per heavy atom. The third-order valence-electron chi connectivity index (χ3n) is 5.65. The lowest BCUT2D eigenvalue weighted by Crippen LogP contribution is -2.49. The van der Waals surface area contributed by atoms with Crippen molar-refractivity contribution in [3.05, 3.63) is 29.8 Å². The lowest BCUT2D eigenvalue weighted by molar-refractivity contribution is -0.135. The summed E-state index contributed by atoms with van der Waals surface area (Å²) in [4.78, 5) is 12.5. The molecule has 0 saturated heterocycles. The molecule has 0 aliphatic rings. The van der Waals surface area contributed by atoms with Gasteiger partial charge in [-0.05, 0) is 34.3 Å². The van der Waals surface area contributed by atoms with Crippen LogP contribution in [-0.2, 0) is 20.6 Å². The number of rotatable bonds is 12. The summed E-state index contributed by atoms with van der Waals surface area (Å²) in [5.41, 5.74) is 2.13. The molecule has 6 heteroatoms. The molecule has 0 heterocycles. The highest BCUT2D eigenvalue weighted by molar-refractivity contribution is 6.78. The fourth-order valence-corrected chi connectivity index (χ4v) is 9.34. The lowest BCUT2D eigenvalue weighted by Gasteiger charge is -2.41. The molecule has 174 valence electrons. The molecule has 0 aliphatic carbocycles. The van der Waals surface area contributed by atoms with Gasteiger partial charge in [0.1, 0.15) is 5.75 Å². The van der Waals surface area contributed by atoms with E-state index in [4.69, 9.17) is 13.9 Å². The van der Waals surface area contributed by atoms with E-state index in [2.05, 4.69) is 53.4 Å². The van der Waals surface area contributed by atoms with E-state index < -0.39 is 14.4 Å². The minimum absolute atomic E-state index is 0.152. The first kappa shape index (κ1) is 27.2. The molecule has 0 fully saturated rings. The van der Waals surface area contributed by atoms with Crippen LogP contribution in [0.4, 0.5) is 0 Å². The van der Waals surface area contributed by atoms with Gasteiger partial charge in [0.2, 0.25) is 0 Å². The lowest BCUT2D eigenvalue weighted by atomic mass is 10.2. The maximum Gasteiger partial charge on any atom is 0.293 e. The fourth-order valence-electron chi connectivity index (χ4n) is 4.14. The highest BCUT2D eigenvalue weighted by Crippen LogP contribution is 2.42. The minimum atomic E-state index is -2.19. The number of aliphatic hydroxyl groups is 1.